The fourth-order valence-electron chi connectivity index (χ4n) is 2.17. The zero-order chi connectivity index (χ0) is 14.4. The highest BCUT2D eigenvalue weighted by Crippen LogP contribution is 2.19. The molecular weight excluding hydrogens is 272 g/mol. The summed E-state index contributed by atoms with van der Waals surface area (Å²) < 4.78 is 0. The monoisotopic (exact) mass is 292 g/mol. The van der Waals surface area contributed by atoms with Gasteiger partial charge in [0.1, 0.15) is 0 Å². The summed E-state index contributed by atoms with van der Waals surface area (Å²) in [6.07, 6.45) is 0.857. The first-order chi connectivity index (χ1) is 9.70. The van der Waals surface area contributed by atoms with E-state index in [0.717, 1.165) is 12.2 Å². The first kappa shape index (κ1) is 14.9. The van der Waals surface area contributed by atoms with Gasteiger partial charge >= 0.3 is 0 Å². The second-order valence-corrected chi connectivity index (χ2v) is 6.23. The molecule has 0 unspecified atom stereocenters. The minimum atomic E-state index is -0.0435. The zero-order valence-corrected chi connectivity index (χ0v) is 12.5. The van der Waals surface area contributed by atoms with Gasteiger partial charge in [-0.1, -0.05) is 30.3 Å². The van der Waals surface area contributed by atoms with Crippen LogP contribution in [0.4, 0.5) is 0 Å². The van der Waals surface area contributed by atoms with Crippen molar-refractivity contribution < 1.29 is 9.59 Å². The molecule has 4 nitrogen and oxygen atoms in total. The van der Waals surface area contributed by atoms with E-state index in [9.17, 15) is 9.59 Å². The molecule has 1 aliphatic rings. The quantitative estimate of drug-likeness (QED) is 0.774. The minimum Gasteiger partial charge on any atom is -0.342 e. The predicted molar refractivity (Wildman–Crippen MR) is 81.4 cm³/mol. The molecule has 5 heteroatoms. The Morgan fingerprint density at radius 2 is 1.90 bits per heavy atom. The van der Waals surface area contributed by atoms with E-state index in [1.165, 1.54) is 5.56 Å². The molecule has 1 aliphatic heterocycles. The number of benzene rings is 1. The predicted octanol–water partition coefficient (Wildman–Crippen LogP) is 1.61. The van der Waals surface area contributed by atoms with Crippen LogP contribution in [0.15, 0.2) is 30.3 Å². The third kappa shape index (κ3) is 4.00. The maximum Gasteiger partial charge on any atom is 0.235 e. The van der Waals surface area contributed by atoms with Crippen molar-refractivity contribution in [1.29, 1.82) is 0 Å². The van der Waals surface area contributed by atoms with Gasteiger partial charge in [0.25, 0.3) is 0 Å². The number of carbonyl (C=O) groups excluding carboxylic acids is 2. The molecule has 1 saturated heterocycles. The third-order valence-electron chi connectivity index (χ3n) is 3.47. The van der Waals surface area contributed by atoms with Gasteiger partial charge in [-0.15, -0.1) is 11.8 Å². The molecule has 0 radical (unpaired) electrons. The van der Waals surface area contributed by atoms with Crippen molar-refractivity contribution in [2.75, 3.05) is 26.2 Å². The van der Waals surface area contributed by atoms with Crippen molar-refractivity contribution in [3.63, 3.8) is 0 Å². The molecule has 0 N–H and O–H groups in total. The number of hydrogen-bond acceptors (Lipinski definition) is 3. The number of rotatable bonds is 5. The summed E-state index contributed by atoms with van der Waals surface area (Å²) in [6.45, 7) is 4.54. The topological polar surface area (TPSA) is 40.6 Å². The lowest BCUT2D eigenvalue weighted by atomic mass is 10.2. The number of carbonyl (C=O) groups is 2. The SMILES string of the molecule is C[C@@H](SCc1ccccc1)C(=O)N1CCN(C=O)CC1. The molecule has 20 heavy (non-hydrogen) atoms. The molecule has 0 aromatic heterocycles. The Morgan fingerprint density at radius 1 is 1.25 bits per heavy atom. The minimum absolute atomic E-state index is 0.0435. The summed E-state index contributed by atoms with van der Waals surface area (Å²) in [6, 6.07) is 10.2. The van der Waals surface area contributed by atoms with Gasteiger partial charge in [-0.3, -0.25) is 9.59 Å². The lowest BCUT2D eigenvalue weighted by Gasteiger charge is -2.33. The maximum atomic E-state index is 12.3. The van der Waals surface area contributed by atoms with Crippen LogP contribution in [0.25, 0.3) is 0 Å². The van der Waals surface area contributed by atoms with E-state index >= 15 is 0 Å². The van der Waals surface area contributed by atoms with Gasteiger partial charge in [-0.05, 0) is 12.5 Å². The van der Waals surface area contributed by atoms with Crippen LogP contribution in [-0.4, -0.2) is 53.5 Å². The number of nitrogens with zero attached hydrogens (tertiary/aromatic N) is 2. The normalized spacial score (nSPS) is 16.9. The van der Waals surface area contributed by atoms with Crippen molar-refractivity contribution in [3.8, 4) is 0 Å². The molecule has 0 saturated carbocycles. The van der Waals surface area contributed by atoms with Gasteiger partial charge in [-0.2, -0.15) is 0 Å². The molecule has 1 atom stereocenters. The molecule has 1 aromatic rings. The highest BCUT2D eigenvalue weighted by atomic mass is 32.2. The Kier molecular flexibility index (Phi) is 5.47. The fraction of sp³-hybridized carbons (Fsp3) is 0.467. The second-order valence-electron chi connectivity index (χ2n) is 4.91. The van der Waals surface area contributed by atoms with Crippen molar-refractivity contribution in [1.82, 2.24) is 9.80 Å². The molecule has 1 heterocycles. The zero-order valence-electron chi connectivity index (χ0n) is 11.7. The van der Waals surface area contributed by atoms with Crippen LogP contribution in [0.3, 0.4) is 0 Å². The Balaban J connectivity index is 1.79. The van der Waals surface area contributed by atoms with Gasteiger partial charge in [-0.25, -0.2) is 0 Å². The number of amides is 2. The Bertz CT molecular complexity index is 444. The molecule has 1 fully saturated rings. The van der Waals surface area contributed by atoms with Crippen LogP contribution in [0.5, 0.6) is 0 Å². The Hall–Kier alpha value is -1.49. The van der Waals surface area contributed by atoms with Crippen molar-refractivity contribution in [3.05, 3.63) is 35.9 Å². The highest BCUT2D eigenvalue weighted by Gasteiger charge is 2.24. The molecular formula is C15H20N2O2S. The highest BCUT2D eigenvalue weighted by molar-refractivity contribution is 7.99. The maximum absolute atomic E-state index is 12.3. The van der Waals surface area contributed by atoms with Gasteiger partial charge < -0.3 is 9.80 Å². The largest absolute Gasteiger partial charge is 0.342 e. The Labute approximate surface area is 124 Å². The molecule has 0 aliphatic carbocycles. The number of hydrogen-bond donors (Lipinski definition) is 0. The van der Waals surface area contributed by atoms with Gasteiger partial charge in [0, 0.05) is 31.9 Å². The van der Waals surface area contributed by atoms with E-state index in [1.54, 1.807) is 16.7 Å². The lowest BCUT2D eigenvalue weighted by Crippen LogP contribution is -2.50. The number of piperazine rings is 1. The lowest BCUT2D eigenvalue weighted by molar-refractivity contribution is -0.134. The smallest absolute Gasteiger partial charge is 0.235 e. The van der Waals surface area contributed by atoms with E-state index in [1.807, 2.05) is 30.0 Å². The standard InChI is InChI=1S/C15H20N2O2S/c1-13(20-11-14-5-3-2-4-6-14)15(19)17-9-7-16(12-18)8-10-17/h2-6,12-13H,7-11H2,1H3/t13-/m1/s1. The van der Waals surface area contributed by atoms with Crippen LogP contribution in [0.2, 0.25) is 0 Å². The van der Waals surface area contributed by atoms with Crippen LogP contribution in [0.1, 0.15) is 12.5 Å². The van der Waals surface area contributed by atoms with Crippen LogP contribution in [0, 0.1) is 0 Å². The molecule has 0 spiro atoms. The van der Waals surface area contributed by atoms with E-state index in [-0.39, 0.29) is 11.2 Å². The van der Waals surface area contributed by atoms with Crippen LogP contribution < -0.4 is 0 Å². The second kappa shape index (κ2) is 7.33. The van der Waals surface area contributed by atoms with Crippen molar-refractivity contribution >= 4 is 24.1 Å². The summed E-state index contributed by atoms with van der Waals surface area (Å²) in [7, 11) is 0. The summed E-state index contributed by atoms with van der Waals surface area (Å²) in [5.41, 5.74) is 1.24. The molecule has 108 valence electrons. The van der Waals surface area contributed by atoms with Gasteiger partial charge in [0.15, 0.2) is 0 Å². The van der Waals surface area contributed by atoms with Crippen molar-refractivity contribution in [2.45, 2.75) is 17.9 Å². The average molecular weight is 292 g/mol. The Morgan fingerprint density at radius 3 is 2.50 bits per heavy atom. The number of thioether (sulfide) groups is 1. The summed E-state index contributed by atoms with van der Waals surface area (Å²) in [5.74, 6) is 1.03. The summed E-state index contributed by atoms with van der Waals surface area (Å²) >= 11 is 1.66. The third-order valence-corrected chi connectivity index (χ3v) is 4.67. The average Bonchev–Trinajstić information content (AvgIpc) is 2.53. The molecule has 0 bridgehead atoms. The van der Waals surface area contributed by atoms with E-state index in [2.05, 4.69) is 12.1 Å². The molecule has 1 aromatic carbocycles. The van der Waals surface area contributed by atoms with Gasteiger partial charge in [0.05, 0.1) is 5.25 Å². The van der Waals surface area contributed by atoms with Crippen molar-refractivity contribution in [2.24, 2.45) is 0 Å². The first-order valence-corrected chi connectivity index (χ1v) is 7.89. The van der Waals surface area contributed by atoms with Crippen LogP contribution in [-0.2, 0) is 15.3 Å². The van der Waals surface area contributed by atoms with E-state index in [0.29, 0.717) is 26.2 Å². The van der Waals surface area contributed by atoms with Gasteiger partial charge in [0.2, 0.25) is 12.3 Å². The van der Waals surface area contributed by atoms with E-state index < -0.39 is 0 Å². The van der Waals surface area contributed by atoms with E-state index in [4.69, 9.17) is 0 Å². The summed E-state index contributed by atoms with van der Waals surface area (Å²) in [4.78, 5) is 26.5. The first-order valence-electron chi connectivity index (χ1n) is 6.84. The fourth-order valence-corrected chi connectivity index (χ4v) is 3.10. The molecule has 2 rings (SSSR count). The van der Waals surface area contributed by atoms with Crippen LogP contribution >= 0.6 is 11.8 Å². The summed E-state index contributed by atoms with van der Waals surface area (Å²) in [5, 5.41) is -0.0435. The molecule has 2 amide bonds.